The number of anilines is 1. The van der Waals surface area contributed by atoms with Crippen LogP contribution in [0.4, 0.5) is 19.0 Å². The number of alkyl halides is 3. The number of carbonyl (C=O) groups excluding carboxylic acids is 1. The molecule has 1 unspecified atom stereocenters. The summed E-state index contributed by atoms with van der Waals surface area (Å²) in [5, 5.41) is 2.84. The second-order valence-corrected chi connectivity index (χ2v) is 13.4. The molecule has 2 aromatic carbocycles. The van der Waals surface area contributed by atoms with Crippen molar-refractivity contribution in [3.05, 3.63) is 89.1 Å². The van der Waals surface area contributed by atoms with E-state index in [1.165, 1.54) is 18.3 Å². The summed E-state index contributed by atoms with van der Waals surface area (Å²) in [6.45, 7) is 4.06. The van der Waals surface area contributed by atoms with E-state index in [1.807, 2.05) is 0 Å². The third kappa shape index (κ3) is 7.77. The highest BCUT2D eigenvalue weighted by atomic mass is 32.2. The van der Waals surface area contributed by atoms with Crippen molar-refractivity contribution in [1.29, 1.82) is 0 Å². The molecular formula is C32H36F3N3O5S. The SMILES string of the molecule is CCS(=O)(=O)c1ccc(CNC(=O)c2ccc(N3CC(c4ccc(C(F)(F)F)cc4)CC[C@H]3CO[C@@H]3CCOC3)nc2)cc1. The molecular weight excluding hydrogens is 595 g/mol. The fourth-order valence-electron chi connectivity index (χ4n) is 5.54. The number of amides is 1. The number of carbonyl (C=O) groups is 1. The molecule has 44 heavy (non-hydrogen) atoms. The van der Waals surface area contributed by atoms with Gasteiger partial charge in [-0.1, -0.05) is 31.2 Å². The van der Waals surface area contributed by atoms with Crippen LogP contribution in [0.3, 0.4) is 0 Å². The number of nitrogens with one attached hydrogen (secondary N) is 1. The van der Waals surface area contributed by atoms with E-state index in [0.29, 0.717) is 37.7 Å². The van der Waals surface area contributed by atoms with Crippen molar-refractivity contribution in [2.24, 2.45) is 0 Å². The summed E-state index contributed by atoms with van der Waals surface area (Å²) in [6, 6.07) is 15.3. The summed E-state index contributed by atoms with van der Waals surface area (Å²) in [5.41, 5.74) is 1.29. The average molecular weight is 632 g/mol. The second-order valence-electron chi connectivity index (χ2n) is 11.2. The van der Waals surface area contributed by atoms with Gasteiger partial charge in [-0.3, -0.25) is 4.79 Å². The maximum atomic E-state index is 13.1. The number of pyridine rings is 1. The van der Waals surface area contributed by atoms with Crippen LogP contribution in [0.1, 0.15) is 59.2 Å². The van der Waals surface area contributed by atoms with E-state index in [9.17, 15) is 26.4 Å². The Hall–Kier alpha value is -3.48. The minimum atomic E-state index is -4.38. The third-order valence-electron chi connectivity index (χ3n) is 8.25. The topological polar surface area (TPSA) is 97.8 Å². The van der Waals surface area contributed by atoms with Gasteiger partial charge in [-0.2, -0.15) is 13.2 Å². The Labute approximate surface area is 255 Å². The van der Waals surface area contributed by atoms with Gasteiger partial charge in [0.2, 0.25) is 0 Å². The minimum Gasteiger partial charge on any atom is -0.379 e. The second kappa shape index (κ2) is 13.7. The Bertz CT molecular complexity index is 1510. The number of aromatic nitrogens is 1. The maximum absolute atomic E-state index is 13.1. The van der Waals surface area contributed by atoms with Gasteiger partial charge in [-0.15, -0.1) is 0 Å². The van der Waals surface area contributed by atoms with Crippen LogP contribution in [0.5, 0.6) is 0 Å². The number of hydrogen-bond acceptors (Lipinski definition) is 7. The predicted molar refractivity (Wildman–Crippen MR) is 159 cm³/mol. The summed E-state index contributed by atoms with van der Waals surface area (Å²) in [6.07, 6.45) is -0.443. The van der Waals surface area contributed by atoms with Crippen molar-refractivity contribution >= 4 is 21.6 Å². The molecule has 2 saturated heterocycles. The summed E-state index contributed by atoms with van der Waals surface area (Å²) in [5.74, 6) is 0.355. The van der Waals surface area contributed by atoms with E-state index in [0.717, 1.165) is 42.5 Å². The quantitative estimate of drug-likeness (QED) is 0.321. The van der Waals surface area contributed by atoms with Gasteiger partial charge < -0.3 is 19.7 Å². The molecule has 2 aliphatic rings. The lowest BCUT2D eigenvalue weighted by Gasteiger charge is -2.41. The first-order chi connectivity index (χ1) is 21.0. The Morgan fingerprint density at radius 1 is 1.05 bits per heavy atom. The van der Waals surface area contributed by atoms with Gasteiger partial charge in [0.05, 0.1) is 47.1 Å². The number of sulfone groups is 1. The first-order valence-electron chi connectivity index (χ1n) is 14.7. The van der Waals surface area contributed by atoms with Gasteiger partial charge in [0.25, 0.3) is 5.91 Å². The summed E-state index contributed by atoms with van der Waals surface area (Å²) in [4.78, 5) is 19.8. The van der Waals surface area contributed by atoms with Gasteiger partial charge >= 0.3 is 6.18 Å². The molecule has 0 saturated carbocycles. The molecule has 3 aromatic rings. The predicted octanol–water partition coefficient (Wildman–Crippen LogP) is 5.38. The lowest BCUT2D eigenvalue weighted by Crippen LogP contribution is -2.46. The molecule has 12 heteroatoms. The van der Waals surface area contributed by atoms with Crippen LogP contribution in [0.2, 0.25) is 0 Å². The summed E-state index contributed by atoms with van der Waals surface area (Å²) >= 11 is 0. The van der Waals surface area contributed by atoms with E-state index >= 15 is 0 Å². The molecule has 2 aliphatic heterocycles. The molecule has 1 aromatic heterocycles. The molecule has 8 nitrogen and oxygen atoms in total. The van der Waals surface area contributed by atoms with Gasteiger partial charge in [-0.05, 0) is 66.8 Å². The van der Waals surface area contributed by atoms with Crippen LogP contribution in [0.15, 0.2) is 71.8 Å². The average Bonchev–Trinajstić information content (AvgIpc) is 3.56. The number of hydrogen-bond donors (Lipinski definition) is 1. The molecule has 0 bridgehead atoms. The van der Waals surface area contributed by atoms with Gasteiger partial charge in [-0.25, -0.2) is 13.4 Å². The van der Waals surface area contributed by atoms with Gasteiger partial charge in [0.1, 0.15) is 5.82 Å². The molecule has 236 valence electrons. The number of benzene rings is 2. The van der Waals surface area contributed by atoms with Crippen molar-refractivity contribution < 1.29 is 35.9 Å². The van der Waals surface area contributed by atoms with Crippen LogP contribution >= 0.6 is 0 Å². The monoisotopic (exact) mass is 631 g/mol. The normalized spacial score (nSPS) is 20.9. The third-order valence-corrected chi connectivity index (χ3v) is 10.00. The highest BCUT2D eigenvalue weighted by Gasteiger charge is 2.33. The van der Waals surface area contributed by atoms with Crippen LogP contribution in [0.25, 0.3) is 0 Å². The largest absolute Gasteiger partial charge is 0.416 e. The summed E-state index contributed by atoms with van der Waals surface area (Å²) in [7, 11) is -3.30. The molecule has 3 atom stereocenters. The van der Waals surface area contributed by atoms with Crippen LogP contribution in [-0.2, 0) is 32.0 Å². The number of rotatable bonds is 10. The molecule has 0 radical (unpaired) electrons. The van der Waals surface area contributed by atoms with Crippen LogP contribution in [-0.4, -0.2) is 63.6 Å². The minimum absolute atomic E-state index is 0.00632. The number of nitrogens with zero attached hydrogens (tertiary/aromatic N) is 2. The van der Waals surface area contributed by atoms with E-state index in [4.69, 9.17) is 9.47 Å². The van der Waals surface area contributed by atoms with Crippen molar-refractivity contribution in [2.45, 2.75) is 61.9 Å². The molecule has 1 N–H and O–H groups in total. The standard InChI is InChI=1S/C32H36F3N3O5S/c1-2-44(40,41)29-12-3-22(4-13-29)17-37-31(39)24-8-14-30(36-18-24)38-19-25(23-5-9-26(10-6-23)32(33,34)35)7-11-27(38)20-43-28-15-16-42-21-28/h3-6,8-10,12-14,18,25,27-28H,2,7,11,15-17,19-21H2,1H3,(H,37,39)/t25?,27-,28+/m0/s1. The Morgan fingerprint density at radius 3 is 2.41 bits per heavy atom. The highest BCUT2D eigenvalue weighted by Crippen LogP contribution is 2.35. The van der Waals surface area contributed by atoms with E-state index in [-0.39, 0.29) is 41.2 Å². The Kier molecular flexibility index (Phi) is 9.91. The van der Waals surface area contributed by atoms with Crippen molar-refractivity contribution in [1.82, 2.24) is 10.3 Å². The van der Waals surface area contributed by atoms with E-state index in [2.05, 4.69) is 15.2 Å². The number of piperidine rings is 1. The van der Waals surface area contributed by atoms with Crippen LogP contribution in [0, 0.1) is 0 Å². The zero-order chi connectivity index (χ0) is 31.3. The Morgan fingerprint density at radius 2 is 1.80 bits per heavy atom. The van der Waals surface area contributed by atoms with Gasteiger partial charge in [0, 0.05) is 31.8 Å². The van der Waals surface area contributed by atoms with Crippen molar-refractivity contribution in [2.75, 3.05) is 37.0 Å². The fraction of sp³-hybridized carbons (Fsp3) is 0.438. The zero-order valence-corrected chi connectivity index (χ0v) is 25.2. The molecule has 2 fully saturated rings. The van der Waals surface area contributed by atoms with Crippen molar-refractivity contribution in [3.8, 4) is 0 Å². The Balaban J connectivity index is 1.26. The fourth-order valence-corrected chi connectivity index (χ4v) is 6.43. The number of ether oxygens (including phenoxy) is 2. The maximum Gasteiger partial charge on any atom is 0.416 e. The first kappa shape index (κ1) is 31.9. The lowest BCUT2D eigenvalue weighted by molar-refractivity contribution is -0.137. The smallest absolute Gasteiger partial charge is 0.379 e. The van der Waals surface area contributed by atoms with Crippen molar-refractivity contribution in [3.63, 3.8) is 0 Å². The molecule has 5 rings (SSSR count). The van der Waals surface area contributed by atoms with Crippen LogP contribution < -0.4 is 10.2 Å². The van der Waals surface area contributed by atoms with E-state index < -0.39 is 21.6 Å². The summed E-state index contributed by atoms with van der Waals surface area (Å²) < 4.78 is 75.0. The molecule has 1 amide bonds. The molecule has 3 heterocycles. The number of halogens is 3. The molecule has 0 spiro atoms. The molecule has 0 aliphatic carbocycles. The lowest BCUT2D eigenvalue weighted by atomic mass is 9.87. The zero-order valence-electron chi connectivity index (χ0n) is 24.4. The van der Waals surface area contributed by atoms with Gasteiger partial charge in [0.15, 0.2) is 9.84 Å². The highest BCUT2D eigenvalue weighted by molar-refractivity contribution is 7.91. The van der Waals surface area contributed by atoms with E-state index in [1.54, 1.807) is 43.3 Å². The first-order valence-corrected chi connectivity index (χ1v) is 16.4.